The Kier molecular flexibility index (Phi) is 3.48. The number of nitrogens with zero attached hydrogens (tertiary/aromatic N) is 2. The number of aromatic nitrogens is 3. The van der Waals surface area contributed by atoms with E-state index in [0.29, 0.717) is 10.2 Å². The molecule has 0 spiro atoms. The van der Waals surface area contributed by atoms with Crippen LogP contribution in [0.15, 0.2) is 34.6 Å². The molecule has 1 aromatic heterocycles. The van der Waals surface area contributed by atoms with Crippen LogP contribution in [0, 0.1) is 0 Å². The van der Waals surface area contributed by atoms with Gasteiger partial charge in [0.15, 0.2) is 5.16 Å². The third-order valence-corrected chi connectivity index (χ3v) is 3.24. The van der Waals surface area contributed by atoms with Gasteiger partial charge in [-0.15, -0.1) is 0 Å². The van der Waals surface area contributed by atoms with Crippen molar-refractivity contribution in [2.24, 2.45) is 0 Å². The second-order valence-electron chi connectivity index (χ2n) is 3.25. The highest BCUT2D eigenvalue weighted by Gasteiger charge is 2.08. The minimum absolute atomic E-state index is 0.555. The molecule has 16 heavy (non-hydrogen) atoms. The summed E-state index contributed by atoms with van der Waals surface area (Å²) in [6.07, 6.45) is 0.894. The van der Waals surface area contributed by atoms with Gasteiger partial charge in [-0.1, -0.05) is 29.4 Å². The van der Waals surface area contributed by atoms with Gasteiger partial charge < -0.3 is 5.11 Å². The molecule has 4 nitrogen and oxygen atoms in total. The highest BCUT2D eigenvalue weighted by atomic mass is 35.5. The first-order valence-electron chi connectivity index (χ1n) is 4.67. The number of nitrogens with one attached hydrogen (secondary N) is 1. The maximum Gasteiger partial charge on any atom is 0.188 e. The average molecular weight is 256 g/mol. The Morgan fingerprint density at radius 2 is 2.31 bits per heavy atom. The van der Waals surface area contributed by atoms with E-state index < -0.39 is 6.10 Å². The molecular weight excluding hydrogens is 246 g/mol. The van der Waals surface area contributed by atoms with E-state index in [0.717, 1.165) is 10.5 Å². The van der Waals surface area contributed by atoms with Crippen molar-refractivity contribution >= 4 is 23.4 Å². The lowest BCUT2D eigenvalue weighted by molar-refractivity contribution is 0.199. The first-order chi connectivity index (χ1) is 7.66. The Labute approximate surface area is 102 Å². The highest BCUT2D eigenvalue weighted by molar-refractivity contribution is 7.99. The van der Waals surface area contributed by atoms with Crippen molar-refractivity contribution in [1.82, 2.24) is 15.2 Å². The Hall–Kier alpha value is -1.04. The third kappa shape index (κ3) is 2.55. The number of benzene rings is 1. The van der Waals surface area contributed by atoms with E-state index in [9.17, 15) is 5.11 Å². The van der Waals surface area contributed by atoms with Crippen LogP contribution in [0.25, 0.3) is 0 Å². The van der Waals surface area contributed by atoms with Crippen molar-refractivity contribution in [3.8, 4) is 0 Å². The number of aromatic amines is 1. The Morgan fingerprint density at radius 1 is 1.50 bits per heavy atom. The van der Waals surface area contributed by atoms with Gasteiger partial charge in [0.2, 0.25) is 0 Å². The molecule has 2 N–H and O–H groups in total. The number of hydrogen-bond donors (Lipinski definition) is 2. The molecule has 0 saturated heterocycles. The van der Waals surface area contributed by atoms with Crippen molar-refractivity contribution in [3.63, 3.8) is 0 Å². The number of H-pyrrole nitrogens is 1. The molecule has 84 valence electrons. The van der Waals surface area contributed by atoms with Crippen LogP contribution in [-0.2, 0) is 0 Å². The fraction of sp³-hybridized carbons (Fsp3) is 0.200. The Morgan fingerprint density at radius 3 is 2.88 bits per heavy atom. The lowest BCUT2D eigenvalue weighted by Crippen LogP contribution is -1.92. The van der Waals surface area contributed by atoms with Gasteiger partial charge in [-0.25, -0.2) is 4.98 Å². The van der Waals surface area contributed by atoms with Gasteiger partial charge in [-0.3, -0.25) is 5.10 Å². The lowest BCUT2D eigenvalue weighted by atomic mass is 10.1. The van der Waals surface area contributed by atoms with E-state index in [2.05, 4.69) is 15.2 Å². The van der Waals surface area contributed by atoms with Gasteiger partial charge in [0.25, 0.3) is 0 Å². The molecule has 1 aromatic carbocycles. The van der Waals surface area contributed by atoms with Gasteiger partial charge in [-0.2, -0.15) is 5.10 Å². The first-order valence-corrected chi connectivity index (χ1v) is 5.87. The number of halogens is 1. The van der Waals surface area contributed by atoms with Crippen LogP contribution in [0.5, 0.6) is 0 Å². The van der Waals surface area contributed by atoms with Gasteiger partial charge in [0, 0.05) is 9.92 Å². The predicted molar refractivity (Wildman–Crippen MR) is 62.6 cm³/mol. The van der Waals surface area contributed by atoms with Crippen LogP contribution in [-0.4, -0.2) is 20.3 Å². The van der Waals surface area contributed by atoms with Gasteiger partial charge >= 0.3 is 0 Å². The topological polar surface area (TPSA) is 61.8 Å². The van der Waals surface area contributed by atoms with Crippen molar-refractivity contribution in [2.75, 3.05) is 0 Å². The van der Waals surface area contributed by atoms with Crippen molar-refractivity contribution in [2.45, 2.75) is 23.1 Å². The van der Waals surface area contributed by atoms with E-state index in [4.69, 9.17) is 11.6 Å². The smallest absolute Gasteiger partial charge is 0.188 e. The Balaban J connectivity index is 2.21. The summed E-state index contributed by atoms with van der Waals surface area (Å²) in [5.41, 5.74) is 0.726. The number of rotatable bonds is 3. The molecule has 0 aliphatic rings. The standard InChI is InChI=1S/C10H10ClN3OS/c1-6(15)8-3-2-7(4-9(8)11)16-10-12-5-13-14-10/h2-6,15H,1H3,(H,12,13,14). The molecule has 2 rings (SSSR count). The normalized spacial score (nSPS) is 12.7. The summed E-state index contributed by atoms with van der Waals surface area (Å²) < 4.78 is 0. The second-order valence-corrected chi connectivity index (χ2v) is 4.72. The lowest BCUT2D eigenvalue weighted by Gasteiger charge is -2.08. The van der Waals surface area contributed by atoms with E-state index in [1.165, 1.54) is 18.1 Å². The predicted octanol–water partition coefficient (Wildman–Crippen LogP) is 2.66. The molecule has 0 fully saturated rings. The fourth-order valence-electron chi connectivity index (χ4n) is 1.27. The Bertz CT molecular complexity index is 473. The van der Waals surface area contributed by atoms with Crippen molar-refractivity contribution < 1.29 is 5.11 Å². The van der Waals surface area contributed by atoms with Crippen molar-refractivity contribution in [3.05, 3.63) is 35.1 Å². The van der Waals surface area contributed by atoms with E-state index in [-0.39, 0.29) is 0 Å². The van der Waals surface area contributed by atoms with Gasteiger partial charge in [-0.05, 0) is 24.6 Å². The minimum atomic E-state index is -0.558. The largest absolute Gasteiger partial charge is 0.389 e. The first kappa shape index (κ1) is 11.4. The summed E-state index contributed by atoms with van der Waals surface area (Å²) in [6.45, 7) is 1.68. The van der Waals surface area contributed by atoms with Crippen LogP contribution >= 0.6 is 23.4 Å². The summed E-state index contributed by atoms with van der Waals surface area (Å²) >= 11 is 7.48. The maximum atomic E-state index is 9.43. The minimum Gasteiger partial charge on any atom is -0.389 e. The van der Waals surface area contributed by atoms with Crippen LogP contribution < -0.4 is 0 Å². The molecule has 1 unspecified atom stereocenters. The zero-order valence-corrected chi connectivity index (χ0v) is 10.1. The van der Waals surface area contributed by atoms with Crippen LogP contribution in [0.2, 0.25) is 5.02 Å². The summed E-state index contributed by atoms with van der Waals surface area (Å²) in [6, 6.07) is 5.50. The molecule has 6 heteroatoms. The summed E-state index contributed by atoms with van der Waals surface area (Å²) in [7, 11) is 0. The quantitative estimate of drug-likeness (QED) is 0.885. The molecule has 1 atom stereocenters. The third-order valence-electron chi connectivity index (χ3n) is 2.03. The zero-order chi connectivity index (χ0) is 11.5. The van der Waals surface area contributed by atoms with Crippen LogP contribution in [0.1, 0.15) is 18.6 Å². The second kappa shape index (κ2) is 4.86. The van der Waals surface area contributed by atoms with Gasteiger partial charge in [0.05, 0.1) is 6.10 Å². The zero-order valence-electron chi connectivity index (χ0n) is 8.51. The number of aliphatic hydroxyl groups excluding tert-OH is 1. The van der Waals surface area contributed by atoms with Crippen LogP contribution in [0.4, 0.5) is 0 Å². The molecular formula is C10H10ClN3OS. The highest BCUT2D eigenvalue weighted by Crippen LogP contribution is 2.30. The average Bonchev–Trinajstić information content (AvgIpc) is 2.70. The summed E-state index contributed by atoms with van der Waals surface area (Å²) in [4.78, 5) is 4.95. The molecule has 0 saturated carbocycles. The van der Waals surface area contributed by atoms with Crippen molar-refractivity contribution in [1.29, 1.82) is 0 Å². The molecule has 0 aliphatic heterocycles. The number of aliphatic hydroxyl groups is 1. The van der Waals surface area contributed by atoms with Gasteiger partial charge in [0.1, 0.15) is 6.33 Å². The monoisotopic (exact) mass is 255 g/mol. The SMILES string of the molecule is CC(O)c1ccc(Sc2ncn[nH]2)cc1Cl. The summed E-state index contributed by atoms with van der Waals surface area (Å²) in [5.74, 6) is 0. The molecule has 0 amide bonds. The van der Waals surface area contributed by atoms with E-state index in [1.807, 2.05) is 12.1 Å². The summed E-state index contributed by atoms with van der Waals surface area (Å²) in [5, 5.41) is 17.2. The molecule has 1 heterocycles. The van der Waals surface area contributed by atoms with E-state index >= 15 is 0 Å². The molecule has 2 aromatic rings. The van der Waals surface area contributed by atoms with E-state index in [1.54, 1.807) is 13.0 Å². The molecule has 0 radical (unpaired) electrons. The van der Waals surface area contributed by atoms with Crippen LogP contribution in [0.3, 0.4) is 0 Å². The fourth-order valence-corrected chi connectivity index (χ4v) is 2.40. The number of hydrogen-bond acceptors (Lipinski definition) is 4. The maximum absolute atomic E-state index is 9.43. The molecule has 0 bridgehead atoms. The molecule has 0 aliphatic carbocycles.